The van der Waals surface area contributed by atoms with Crippen molar-refractivity contribution in [3.8, 4) is 5.88 Å². The number of anilines is 1. The fourth-order valence-electron chi connectivity index (χ4n) is 2.24. The highest BCUT2D eigenvalue weighted by atomic mass is 35.5. The maximum Gasteiger partial charge on any atom is 0.219 e. The number of thioether (sulfide) groups is 1. The molecule has 1 aliphatic heterocycles. The molecule has 1 fully saturated rings. The molecular formula is C13H23ClN4OS. The molecule has 0 spiro atoms. The van der Waals surface area contributed by atoms with Crippen LogP contribution < -0.4 is 15.0 Å². The van der Waals surface area contributed by atoms with Crippen molar-refractivity contribution in [1.82, 2.24) is 15.3 Å². The number of hydrogen-bond donors (Lipinski definition) is 1. The zero-order valence-corrected chi connectivity index (χ0v) is 13.9. The lowest BCUT2D eigenvalue weighted by Gasteiger charge is -2.32. The predicted octanol–water partition coefficient (Wildman–Crippen LogP) is 2.21. The minimum absolute atomic E-state index is 0. The number of piperidine rings is 1. The van der Waals surface area contributed by atoms with Gasteiger partial charge in [0.2, 0.25) is 5.88 Å². The van der Waals surface area contributed by atoms with Gasteiger partial charge in [-0.05, 0) is 32.6 Å². The Labute approximate surface area is 131 Å². The number of likely N-dealkylation sites (N-methyl/N-ethyl adjacent to an activating group) is 1. The van der Waals surface area contributed by atoms with Crippen molar-refractivity contribution in [1.29, 1.82) is 0 Å². The summed E-state index contributed by atoms with van der Waals surface area (Å²) in [6.07, 6.45) is 4.40. The van der Waals surface area contributed by atoms with E-state index in [1.807, 2.05) is 19.2 Å². The van der Waals surface area contributed by atoms with E-state index >= 15 is 0 Å². The summed E-state index contributed by atoms with van der Waals surface area (Å²) in [6, 6.07) is 2.42. The summed E-state index contributed by atoms with van der Waals surface area (Å²) in [7, 11) is 2.10. The zero-order valence-electron chi connectivity index (χ0n) is 12.3. The molecule has 1 unspecified atom stereocenters. The van der Waals surface area contributed by atoms with Crippen molar-refractivity contribution in [2.75, 3.05) is 37.9 Å². The second-order valence-corrected chi connectivity index (χ2v) is 5.37. The Morgan fingerprint density at radius 2 is 2.30 bits per heavy atom. The summed E-state index contributed by atoms with van der Waals surface area (Å²) in [4.78, 5) is 11.2. The van der Waals surface area contributed by atoms with Crippen molar-refractivity contribution >= 4 is 30.0 Å². The SMILES string of the molecule is CCOc1cc(N(C)C2CCCNC2)nc(SC)n1.Cl. The third-order valence-electron chi connectivity index (χ3n) is 3.32. The first-order valence-electron chi connectivity index (χ1n) is 6.74. The summed E-state index contributed by atoms with van der Waals surface area (Å²) in [5, 5.41) is 4.19. The van der Waals surface area contributed by atoms with E-state index in [2.05, 4.69) is 27.2 Å². The fraction of sp³-hybridized carbons (Fsp3) is 0.692. The summed E-state index contributed by atoms with van der Waals surface area (Å²) >= 11 is 1.54. The van der Waals surface area contributed by atoms with E-state index in [0.717, 1.165) is 24.1 Å². The van der Waals surface area contributed by atoms with Crippen molar-refractivity contribution in [2.24, 2.45) is 0 Å². The van der Waals surface area contributed by atoms with Crippen LogP contribution in [0.3, 0.4) is 0 Å². The summed E-state index contributed by atoms with van der Waals surface area (Å²) in [5.41, 5.74) is 0. The predicted molar refractivity (Wildman–Crippen MR) is 86.5 cm³/mol. The van der Waals surface area contributed by atoms with Gasteiger partial charge in [-0.15, -0.1) is 12.4 Å². The van der Waals surface area contributed by atoms with Crippen LogP contribution in [0.25, 0.3) is 0 Å². The standard InChI is InChI=1S/C13H22N4OS.ClH/c1-4-18-12-8-11(15-13(16-12)19-3)17(2)10-6-5-7-14-9-10;/h8,10,14H,4-7,9H2,1-3H3;1H. The molecule has 1 saturated heterocycles. The van der Waals surface area contributed by atoms with Crippen LogP contribution in [0, 0.1) is 0 Å². The highest BCUT2D eigenvalue weighted by Gasteiger charge is 2.20. The number of nitrogens with one attached hydrogen (secondary N) is 1. The molecule has 20 heavy (non-hydrogen) atoms. The maximum atomic E-state index is 5.52. The number of rotatable bonds is 5. The zero-order chi connectivity index (χ0) is 13.7. The monoisotopic (exact) mass is 318 g/mol. The third-order valence-corrected chi connectivity index (χ3v) is 3.87. The Balaban J connectivity index is 0.00000200. The van der Waals surface area contributed by atoms with E-state index in [1.54, 1.807) is 11.8 Å². The van der Waals surface area contributed by atoms with Gasteiger partial charge in [0.05, 0.1) is 6.61 Å². The van der Waals surface area contributed by atoms with Crippen molar-refractivity contribution in [3.05, 3.63) is 6.07 Å². The third kappa shape index (κ3) is 4.40. The lowest BCUT2D eigenvalue weighted by molar-refractivity contribution is 0.323. The molecule has 0 radical (unpaired) electrons. The number of ether oxygens (including phenoxy) is 1. The number of aromatic nitrogens is 2. The van der Waals surface area contributed by atoms with Crippen LogP contribution in [0.4, 0.5) is 5.82 Å². The quantitative estimate of drug-likeness (QED) is 0.663. The van der Waals surface area contributed by atoms with Crippen LogP contribution in [0.15, 0.2) is 11.2 Å². The Bertz CT molecular complexity index is 415. The van der Waals surface area contributed by atoms with Gasteiger partial charge in [-0.1, -0.05) is 11.8 Å². The van der Waals surface area contributed by atoms with E-state index in [0.29, 0.717) is 18.5 Å². The average molecular weight is 319 g/mol. The van der Waals surface area contributed by atoms with Crippen LogP contribution in [0.1, 0.15) is 19.8 Å². The van der Waals surface area contributed by atoms with Gasteiger partial charge >= 0.3 is 0 Å². The molecule has 2 rings (SSSR count). The molecule has 0 amide bonds. The van der Waals surface area contributed by atoms with E-state index in [1.165, 1.54) is 12.8 Å². The van der Waals surface area contributed by atoms with Crippen molar-refractivity contribution in [2.45, 2.75) is 31.0 Å². The molecule has 0 saturated carbocycles. The van der Waals surface area contributed by atoms with Crippen LogP contribution in [0.2, 0.25) is 0 Å². The Hall–Kier alpha value is -0.720. The summed E-state index contributed by atoms with van der Waals surface area (Å²) in [5.74, 6) is 1.60. The first kappa shape index (κ1) is 17.3. The fourth-order valence-corrected chi connectivity index (χ4v) is 2.60. The van der Waals surface area contributed by atoms with Crippen LogP contribution in [-0.4, -0.2) is 49.0 Å². The van der Waals surface area contributed by atoms with Crippen molar-refractivity contribution in [3.63, 3.8) is 0 Å². The van der Waals surface area contributed by atoms with E-state index in [-0.39, 0.29) is 12.4 Å². The molecule has 0 aromatic carbocycles. The topological polar surface area (TPSA) is 50.3 Å². The smallest absolute Gasteiger partial charge is 0.219 e. The lowest BCUT2D eigenvalue weighted by Crippen LogP contribution is -2.44. The maximum absolute atomic E-state index is 5.52. The Kier molecular flexibility index (Phi) is 7.40. The first-order chi connectivity index (χ1) is 9.24. The van der Waals surface area contributed by atoms with Gasteiger partial charge in [0.25, 0.3) is 0 Å². The van der Waals surface area contributed by atoms with Gasteiger partial charge in [0.1, 0.15) is 5.82 Å². The average Bonchev–Trinajstić information content (AvgIpc) is 2.47. The van der Waals surface area contributed by atoms with Crippen LogP contribution in [0.5, 0.6) is 5.88 Å². The van der Waals surface area contributed by atoms with Crippen molar-refractivity contribution < 1.29 is 4.74 Å². The molecular weight excluding hydrogens is 296 g/mol. The largest absolute Gasteiger partial charge is 0.478 e. The van der Waals surface area contributed by atoms with Gasteiger partial charge in [-0.25, -0.2) is 4.98 Å². The Morgan fingerprint density at radius 3 is 2.90 bits per heavy atom. The summed E-state index contributed by atoms with van der Waals surface area (Å²) in [6.45, 7) is 4.72. The second kappa shape index (κ2) is 8.54. The van der Waals surface area contributed by atoms with Crippen LogP contribution in [-0.2, 0) is 0 Å². The molecule has 7 heteroatoms. The molecule has 1 aliphatic rings. The second-order valence-electron chi connectivity index (χ2n) is 4.60. The number of hydrogen-bond acceptors (Lipinski definition) is 6. The van der Waals surface area contributed by atoms with Crippen LogP contribution >= 0.6 is 24.2 Å². The lowest BCUT2D eigenvalue weighted by atomic mass is 10.1. The van der Waals surface area contributed by atoms with E-state index in [9.17, 15) is 0 Å². The van der Waals surface area contributed by atoms with Gasteiger partial charge < -0.3 is 15.0 Å². The Morgan fingerprint density at radius 1 is 1.50 bits per heavy atom. The normalized spacial score (nSPS) is 18.2. The van der Waals surface area contributed by atoms with Gasteiger partial charge in [-0.2, -0.15) is 4.98 Å². The highest BCUT2D eigenvalue weighted by Crippen LogP contribution is 2.23. The molecule has 1 aromatic rings. The molecule has 114 valence electrons. The minimum Gasteiger partial charge on any atom is -0.478 e. The van der Waals surface area contributed by atoms with Gasteiger partial charge in [-0.3, -0.25) is 0 Å². The van der Waals surface area contributed by atoms with E-state index in [4.69, 9.17) is 4.74 Å². The highest BCUT2D eigenvalue weighted by molar-refractivity contribution is 7.98. The molecule has 0 aliphatic carbocycles. The molecule has 2 heterocycles. The minimum atomic E-state index is 0. The number of halogens is 1. The number of nitrogens with zero attached hydrogens (tertiary/aromatic N) is 3. The molecule has 0 bridgehead atoms. The molecule has 1 N–H and O–H groups in total. The van der Waals surface area contributed by atoms with Gasteiger partial charge in [0.15, 0.2) is 5.16 Å². The molecule has 1 atom stereocenters. The summed E-state index contributed by atoms with van der Waals surface area (Å²) < 4.78 is 5.52. The van der Waals surface area contributed by atoms with E-state index < -0.39 is 0 Å². The molecule has 1 aromatic heterocycles. The van der Waals surface area contributed by atoms with Gasteiger partial charge in [0, 0.05) is 25.7 Å². The first-order valence-corrected chi connectivity index (χ1v) is 7.96. The molecule has 5 nitrogen and oxygen atoms in total.